The lowest BCUT2D eigenvalue weighted by Gasteiger charge is -2.31. The molecule has 0 spiro atoms. The lowest BCUT2D eigenvalue weighted by molar-refractivity contribution is 0.660. The van der Waals surface area contributed by atoms with Crippen molar-refractivity contribution in [1.82, 2.24) is 0 Å². The van der Waals surface area contributed by atoms with Gasteiger partial charge in [0.2, 0.25) is 0 Å². The molecule has 0 aromatic heterocycles. The van der Waals surface area contributed by atoms with Crippen LogP contribution in [0.3, 0.4) is 0 Å². The van der Waals surface area contributed by atoms with Crippen LogP contribution in [0, 0.1) is 0 Å². The topological polar surface area (TPSA) is 3.24 Å². The van der Waals surface area contributed by atoms with Gasteiger partial charge in [-0.05, 0) is 101 Å². The van der Waals surface area contributed by atoms with Crippen LogP contribution in [-0.2, 0) is 5.41 Å². The molecule has 0 atom stereocenters. The molecule has 0 radical (unpaired) electrons. The van der Waals surface area contributed by atoms with Crippen LogP contribution in [0.1, 0.15) is 25.0 Å². The van der Waals surface area contributed by atoms with Gasteiger partial charge in [0, 0.05) is 22.4 Å². The lowest BCUT2D eigenvalue weighted by Crippen LogP contribution is -2.17. The second-order valence-corrected chi connectivity index (χ2v) is 14.1. The zero-order valence-electron chi connectivity index (χ0n) is 28.2. The van der Waals surface area contributed by atoms with Gasteiger partial charge in [-0.1, -0.05) is 159 Å². The Balaban J connectivity index is 1.30. The number of hydrogen-bond acceptors (Lipinski definition) is 1. The van der Waals surface area contributed by atoms with Crippen molar-refractivity contribution in [3.05, 3.63) is 187 Å². The molecule has 50 heavy (non-hydrogen) atoms. The van der Waals surface area contributed by atoms with Crippen molar-refractivity contribution in [2.45, 2.75) is 19.3 Å². The molecule has 0 saturated carbocycles. The fraction of sp³-hybridized carbons (Fsp3) is 0.0612. The Bertz CT molecular complexity index is 2750. The molecular formula is C49H35N. The van der Waals surface area contributed by atoms with Gasteiger partial charge in [0.1, 0.15) is 0 Å². The van der Waals surface area contributed by atoms with E-state index in [1.54, 1.807) is 0 Å². The molecule has 0 bridgehead atoms. The van der Waals surface area contributed by atoms with Gasteiger partial charge in [-0.3, -0.25) is 0 Å². The Labute approximate surface area is 292 Å². The highest BCUT2D eigenvalue weighted by Gasteiger charge is 2.36. The number of rotatable bonds is 4. The second kappa shape index (κ2) is 10.9. The van der Waals surface area contributed by atoms with Gasteiger partial charge in [-0.15, -0.1) is 0 Å². The molecule has 1 aliphatic carbocycles. The van der Waals surface area contributed by atoms with Crippen LogP contribution in [0.25, 0.3) is 65.3 Å². The highest BCUT2D eigenvalue weighted by atomic mass is 15.1. The minimum Gasteiger partial charge on any atom is -0.310 e. The summed E-state index contributed by atoms with van der Waals surface area (Å²) in [6.45, 7) is 4.73. The quantitative estimate of drug-likeness (QED) is 0.174. The maximum atomic E-state index is 2.50. The van der Waals surface area contributed by atoms with E-state index in [9.17, 15) is 0 Å². The van der Waals surface area contributed by atoms with Crippen LogP contribution >= 0.6 is 0 Å². The van der Waals surface area contributed by atoms with Crippen molar-refractivity contribution < 1.29 is 0 Å². The van der Waals surface area contributed by atoms with Gasteiger partial charge in [0.15, 0.2) is 0 Å². The van der Waals surface area contributed by atoms with Crippen LogP contribution in [0.4, 0.5) is 17.1 Å². The largest absolute Gasteiger partial charge is 0.310 e. The molecule has 1 aliphatic rings. The molecule has 0 heterocycles. The van der Waals surface area contributed by atoms with Crippen LogP contribution < -0.4 is 4.90 Å². The number of benzene rings is 9. The van der Waals surface area contributed by atoms with E-state index in [4.69, 9.17) is 0 Å². The first-order valence-electron chi connectivity index (χ1n) is 17.5. The molecular weight excluding hydrogens is 603 g/mol. The van der Waals surface area contributed by atoms with Gasteiger partial charge >= 0.3 is 0 Å². The standard InChI is InChI=1S/C49H35N/c1-49(2)45-23-13-12-22-42(45)43-28-26-35(31-46(43)49)50(47-29-24-32-14-6-7-17-36(32)48(47)33-15-4-3-5-16-33)34-25-27-41-39-20-9-8-18-37(39)38-19-10-11-21-40(38)44(41)30-34/h3-31H,1-2H3. The van der Waals surface area contributed by atoms with Crippen molar-refractivity contribution in [2.24, 2.45) is 0 Å². The number of hydrogen-bond donors (Lipinski definition) is 0. The molecule has 9 aromatic rings. The van der Waals surface area contributed by atoms with E-state index in [0.717, 1.165) is 17.1 Å². The fourth-order valence-electron chi connectivity index (χ4n) is 8.65. The smallest absolute Gasteiger partial charge is 0.0546 e. The molecule has 1 heteroatoms. The van der Waals surface area contributed by atoms with Crippen molar-refractivity contribution >= 4 is 60.2 Å². The average molecular weight is 638 g/mol. The van der Waals surface area contributed by atoms with Gasteiger partial charge in [-0.2, -0.15) is 0 Å². The third kappa shape index (κ3) is 4.20. The summed E-state index contributed by atoms with van der Waals surface area (Å²) < 4.78 is 0. The van der Waals surface area contributed by atoms with Crippen LogP contribution in [0.15, 0.2) is 176 Å². The molecule has 0 N–H and O–H groups in total. The summed E-state index contributed by atoms with van der Waals surface area (Å²) in [5.41, 5.74) is 11.2. The third-order valence-corrected chi connectivity index (χ3v) is 11.0. The van der Waals surface area contributed by atoms with E-state index in [2.05, 4.69) is 195 Å². The predicted octanol–water partition coefficient (Wildman–Crippen LogP) is 13.7. The van der Waals surface area contributed by atoms with Gasteiger partial charge in [-0.25, -0.2) is 0 Å². The first-order chi connectivity index (χ1) is 24.6. The molecule has 9 aromatic carbocycles. The first-order valence-corrected chi connectivity index (χ1v) is 17.5. The zero-order chi connectivity index (χ0) is 33.4. The van der Waals surface area contributed by atoms with Crippen molar-refractivity contribution in [1.29, 1.82) is 0 Å². The zero-order valence-corrected chi connectivity index (χ0v) is 28.2. The van der Waals surface area contributed by atoms with Crippen LogP contribution in [-0.4, -0.2) is 0 Å². The maximum absolute atomic E-state index is 2.50. The third-order valence-electron chi connectivity index (χ3n) is 11.0. The highest BCUT2D eigenvalue weighted by Crippen LogP contribution is 2.52. The highest BCUT2D eigenvalue weighted by molar-refractivity contribution is 6.26. The summed E-state index contributed by atoms with van der Waals surface area (Å²) in [5, 5.41) is 10.1. The van der Waals surface area contributed by atoms with Crippen molar-refractivity contribution in [3.8, 4) is 22.3 Å². The summed E-state index contributed by atoms with van der Waals surface area (Å²) in [7, 11) is 0. The summed E-state index contributed by atoms with van der Waals surface area (Å²) in [6, 6.07) is 65.0. The number of anilines is 3. The molecule has 0 aliphatic heterocycles. The Hall–Kier alpha value is -6.18. The monoisotopic (exact) mass is 637 g/mol. The maximum Gasteiger partial charge on any atom is 0.0546 e. The van der Waals surface area contributed by atoms with Crippen LogP contribution in [0.2, 0.25) is 0 Å². The molecule has 236 valence electrons. The SMILES string of the molecule is CC1(C)c2ccccc2-c2ccc(N(c3ccc4c5ccccc5c5ccccc5c4c3)c3ccc4ccccc4c3-c3ccccc3)cc21. The molecule has 0 fully saturated rings. The summed E-state index contributed by atoms with van der Waals surface area (Å²) >= 11 is 0. The minimum absolute atomic E-state index is 0.113. The second-order valence-electron chi connectivity index (χ2n) is 14.1. The predicted molar refractivity (Wildman–Crippen MR) is 214 cm³/mol. The van der Waals surface area contributed by atoms with Crippen molar-refractivity contribution in [2.75, 3.05) is 4.90 Å². The summed E-state index contributed by atoms with van der Waals surface area (Å²) in [4.78, 5) is 2.50. The molecule has 0 amide bonds. The summed E-state index contributed by atoms with van der Waals surface area (Å²) in [6.07, 6.45) is 0. The molecule has 0 unspecified atom stereocenters. The number of nitrogens with zero attached hydrogens (tertiary/aromatic N) is 1. The minimum atomic E-state index is -0.113. The average Bonchev–Trinajstić information content (AvgIpc) is 3.40. The van der Waals surface area contributed by atoms with Gasteiger partial charge in [0.05, 0.1) is 5.69 Å². The Morgan fingerprint density at radius 2 is 0.920 bits per heavy atom. The lowest BCUT2D eigenvalue weighted by atomic mass is 9.82. The van der Waals surface area contributed by atoms with Gasteiger partial charge in [0.25, 0.3) is 0 Å². The first kappa shape index (κ1) is 28.8. The normalized spacial score (nSPS) is 13.2. The van der Waals surface area contributed by atoms with Crippen LogP contribution in [0.5, 0.6) is 0 Å². The van der Waals surface area contributed by atoms with E-state index in [1.807, 2.05) is 0 Å². The summed E-state index contributed by atoms with van der Waals surface area (Å²) in [5.74, 6) is 0. The van der Waals surface area contributed by atoms with Gasteiger partial charge < -0.3 is 4.90 Å². The molecule has 1 nitrogen and oxygen atoms in total. The van der Waals surface area contributed by atoms with Crippen molar-refractivity contribution in [3.63, 3.8) is 0 Å². The Kier molecular flexibility index (Phi) is 6.29. The number of fused-ring (bicyclic) bond motifs is 10. The van der Waals surface area contributed by atoms with E-state index < -0.39 is 0 Å². The Morgan fingerprint density at radius 1 is 0.380 bits per heavy atom. The van der Waals surface area contributed by atoms with E-state index in [-0.39, 0.29) is 5.41 Å². The van der Waals surface area contributed by atoms with E-state index in [0.29, 0.717) is 0 Å². The fourth-order valence-corrected chi connectivity index (χ4v) is 8.65. The molecule has 0 saturated heterocycles. The van der Waals surface area contributed by atoms with E-state index in [1.165, 1.54) is 76.5 Å². The molecule has 10 rings (SSSR count). The Morgan fingerprint density at radius 3 is 1.66 bits per heavy atom. The van der Waals surface area contributed by atoms with E-state index >= 15 is 0 Å².